The summed E-state index contributed by atoms with van der Waals surface area (Å²) < 4.78 is 1.54. The third-order valence-corrected chi connectivity index (χ3v) is 5.15. The van der Waals surface area contributed by atoms with Crippen LogP contribution in [-0.2, 0) is 6.54 Å². The van der Waals surface area contributed by atoms with Gasteiger partial charge in [-0.2, -0.15) is 0 Å². The highest BCUT2D eigenvalue weighted by molar-refractivity contribution is 5.89. The maximum atomic E-state index is 12.2. The summed E-state index contributed by atoms with van der Waals surface area (Å²) in [6, 6.07) is 9.17. The number of nitrogens with one attached hydrogen (secondary N) is 2. The van der Waals surface area contributed by atoms with Gasteiger partial charge < -0.3 is 10.6 Å². The van der Waals surface area contributed by atoms with Crippen molar-refractivity contribution >= 4 is 11.7 Å². The number of amides is 2. The summed E-state index contributed by atoms with van der Waals surface area (Å²) >= 11 is 0. The van der Waals surface area contributed by atoms with Gasteiger partial charge >= 0.3 is 6.03 Å². The van der Waals surface area contributed by atoms with Gasteiger partial charge in [0.05, 0.1) is 12.0 Å². The summed E-state index contributed by atoms with van der Waals surface area (Å²) in [6.45, 7) is 5.02. The Labute approximate surface area is 160 Å². The van der Waals surface area contributed by atoms with Crippen LogP contribution in [0.15, 0.2) is 41.5 Å². The van der Waals surface area contributed by atoms with Gasteiger partial charge in [0.25, 0.3) is 5.56 Å². The molecule has 1 saturated carbocycles. The molecule has 0 bridgehead atoms. The molecule has 1 aliphatic carbocycles. The van der Waals surface area contributed by atoms with Gasteiger partial charge in [0.15, 0.2) is 0 Å². The molecule has 1 heterocycles. The minimum atomic E-state index is -0.282. The largest absolute Gasteiger partial charge is 0.336 e. The number of nitrogens with zero attached hydrogens (tertiary/aromatic N) is 2. The third-order valence-electron chi connectivity index (χ3n) is 5.15. The average molecular weight is 368 g/mol. The molecule has 1 aromatic heterocycles. The molecule has 1 fully saturated rings. The van der Waals surface area contributed by atoms with Gasteiger partial charge in [0.1, 0.15) is 0 Å². The van der Waals surface area contributed by atoms with E-state index in [1.165, 1.54) is 23.0 Å². The standard InChI is InChI=1S/C21H28N4O2/c1-15(2)16-7-9-18(10-8-16)24-21(27)22-11-12-25-14-23-19(13-20(25)26)17-5-3-4-6-17/h7-10,13-15,17H,3-6,11-12H2,1-2H3,(H2,22,24,27). The molecule has 6 nitrogen and oxygen atoms in total. The summed E-state index contributed by atoms with van der Waals surface area (Å²) in [5, 5.41) is 5.58. The van der Waals surface area contributed by atoms with E-state index in [2.05, 4.69) is 29.5 Å². The first-order valence-electron chi connectivity index (χ1n) is 9.74. The lowest BCUT2D eigenvalue weighted by molar-refractivity contribution is 0.251. The number of carbonyl (C=O) groups excluding carboxylic acids is 1. The van der Waals surface area contributed by atoms with E-state index in [1.54, 1.807) is 12.4 Å². The van der Waals surface area contributed by atoms with Crippen LogP contribution >= 0.6 is 0 Å². The molecule has 0 saturated heterocycles. The van der Waals surface area contributed by atoms with Gasteiger partial charge in [-0.1, -0.05) is 38.8 Å². The first-order chi connectivity index (χ1) is 13.0. The molecule has 0 aliphatic heterocycles. The molecular weight excluding hydrogens is 340 g/mol. The molecular formula is C21H28N4O2. The fraction of sp³-hybridized carbons (Fsp3) is 0.476. The molecule has 0 radical (unpaired) electrons. The van der Waals surface area contributed by atoms with Crippen LogP contribution in [-0.4, -0.2) is 22.1 Å². The zero-order valence-electron chi connectivity index (χ0n) is 16.1. The quantitative estimate of drug-likeness (QED) is 0.813. The lowest BCUT2D eigenvalue weighted by atomic mass is 10.0. The van der Waals surface area contributed by atoms with E-state index in [4.69, 9.17) is 0 Å². The Kier molecular flexibility index (Phi) is 6.27. The van der Waals surface area contributed by atoms with E-state index in [0.717, 1.165) is 24.2 Å². The van der Waals surface area contributed by atoms with Gasteiger partial charge in [-0.05, 0) is 36.5 Å². The van der Waals surface area contributed by atoms with Crippen molar-refractivity contribution in [2.24, 2.45) is 0 Å². The fourth-order valence-corrected chi connectivity index (χ4v) is 3.47. The van der Waals surface area contributed by atoms with Crippen molar-refractivity contribution in [1.82, 2.24) is 14.9 Å². The molecule has 0 atom stereocenters. The van der Waals surface area contributed by atoms with Crippen molar-refractivity contribution in [3.63, 3.8) is 0 Å². The van der Waals surface area contributed by atoms with Crippen molar-refractivity contribution in [2.45, 2.75) is 57.9 Å². The first kappa shape index (κ1) is 19.1. The smallest absolute Gasteiger partial charge is 0.319 e. The van der Waals surface area contributed by atoms with E-state index in [0.29, 0.717) is 24.9 Å². The summed E-state index contributed by atoms with van der Waals surface area (Å²) in [5.41, 5.74) is 2.83. The van der Waals surface area contributed by atoms with Crippen LogP contribution in [0.3, 0.4) is 0 Å². The predicted molar refractivity (Wildman–Crippen MR) is 107 cm³/mol. The second-order valence-electron chi connectivity index (χ2n) is 7.48. The zero-order valence-corrected chi connectivity index (χ0v) is 16.1. The Morgan fingerprint density at radius 2 is 1.93 bits per heavy atom. The molecule has 2 amide bonds. The van der Waals surface area contributed by atoms with E-state index in [-0.39, 0.29) is 11.6 Å². The lowest BCUT2D eigenvalue weighted by Crippen LogP contribution is -2.33. The molecule has 27 heavy (non-hydrogen) atoms. The van der Waals surface area contributed by atoms with Gasteiger partial charge in [-0.3, -0.25) is 9.36 Å². The number of benzene rings is 1. The number of urea groups is 1. The molecule has 144 valence electrons. The minimum Gasteiger partial charge on any atom is -0.336 e. The fourth-order valence-electron chi connectivity index (χ4n) is 3.47. The first-order valence-corrected chi connectivity index (χ1v) is 9.74. The van der Waals surface area contributed by atoms with Crippen LogP contribution < -0.4 is 16.2 Å². The van der Waals surface area contributed by atoms with Crippen LogP contribution in [0.25, 0.3) is 0 Å². The topological polar surface area (TPSA) is 76.0 Å². The number of carbonyl (C=O) groups is 1. The van der Waals surface area contributed by atoms with E-state index in [9.17, 15) is 9.59 Å². The highest BCUT2D eigenvalue weighted by Gasteiger charge is 2.18. The van der Waals surface area contributed by atoms with E-state index < -0.39 is 0 Å². The zero-order chi connectivity index (χ0) is 19.2. The summed E-state index contributed by atoms with van der Waals surface area (Å²) in [5.74, 6) is 0.887. The van der Waals surface area contributed by atoms with Crippen LogP contribution in [0, 0.1) is 0 Å². The van der Waals surface area contributed by atoms with Crippen LogP contribution in [0.4, 0.5) is 10.5 Å². The number of anilines is 1. The predicted octanol–water partition coefficient (Wildman–Crippen LogP) is 3.85. The molecule has 0 spiro atoms. The summed E-state index contributed by atoms with van der Waals surface area (Å²) in [6.07, 6.45) is 6.27. The maximum Gasteiger partial charge on any atom is 0.319 e. The van der Waals surface area contributed by atoms with Crippen molar-refractivity contribution < 1.29 is 4.79 Å². The molecule has 2 aromatic rings. The Morgan fingerprint density at radius 3 is 2.56 bits per heavy atom. The normalized spacial score (nSPS) is 14.5. The molecule has 0 unspecified atom stereocenters. The van der Waals surface area contributed by atoms with Crippen molar-refractivity contribution in [1.29, 1.82) is 0 Å². The third kappa shape index (κ3) is 5.18. The Bertz CT molecular complexity index is 821. The van der Waals surface area contributed by atoms with Gasteiger partial charge in [0, 0.05) is 30.8 Å². The second kappa shape index (κ2) is 8.84. The highest BCUT2D eigenvalue weighted by atomic mass is 16.2. The monoisotopic (exact) mass is 368 g/mol. The van der Waals surface area contributed by atoms with Crippen molar-refractivity contribution in [3.8, 4) is 0 Å². The minimum absolute atomic E-state index is 0.0571. The number of hydrogen-bond donors (Lipinski definition) is 2. The second-order valence-corrected chi connectivity index (χ2v) is 7.48. The van der Waals surface area contributed by atoms with Crippen molar-refractivity contribution in [3.05, 3.63) is 58.3 Å². The number of hydrogen-bond acceptors (Lipinski definition) is 3. The summed E-state index contributed by atoms with van der Waals surface area (Å²) in [7, 11) is 0. The van der Waals surface area contributed by atoms with Crippen LogP contribution in [0.2, 0.25) is 0 Å². The Hall–Kier alpha value is -2.63. The van der Waals surface area contributed by atoms with E-state index in [1.807, 2.05) is 24.3 Å². The average Bonchev–Trinajstić information content (AvgIpc) is 3.18. The molecule has 1 aliphatic rings. The Balaban J connectivity index is 1.47. The number of aromatic nitrogens is 2. The van der Waals surface area contributed by atoms with Crippen molar-refractivity contribution in [2.75, 3.05) is 11.9 Å². The number of rotatable bonds is 6. The molecule has 3 rings (SSSR count). The van der Waals surface area contributed by atoms with Crippen LogP contribution in [0.1, 0.15) is 62.6 Å². The molecule has 6 heteroatoms. The van der Waals surface area contributed by atoms with Gasteiger partial charge in [-0.15, -0.1) is 0 Å². The van der Waals surface area contributed by atoms with Gasteiger partial charge in [-0.25, -0.2) is 9.78 Å². The SMILES string of the molecule is CC(C)c1ccc(NC(=O)NCCn2cnc(C3CCCC3)cc2=O)cc1. The van der Waals surface area contributed by atoms with Gasteiger partial charge in [0.2, 0.25) is 0 Å². The molecule has 2 N–H and O–H groups in total. The van der Waals surface area contributed by atoms with E-state index >= 15 is 0 Å². The maximum absolute atomic E-state index is 12.2. The Morgan fingerprint density at radius 1 is 1.22 bits per heavy atom. The van der Waals surface area contributed by atoms with Crippen LogP contribution in [0.5, 0.6) is 0 Å². The lowest BCUT2D eigenvalue weighted by Gasteiger charge is -2.12. The highest BCUT2D eigenvalue weighted by Crippen LogP contribution is 2.32. The summed E-state index contributed by atoms with van der Waals surface area (Å²) in [4.78, 5) is 28.7. The molecule has 1 aromatic carbocycles.